The summed E-state index contributed by atoms with van der Waals surface area (Å²) in [6, 6.07) is 6.48. The number of ether oxygens (including phenoxy) is 1. The first-order valence-electron chi connectivity index (χ1n) is 8.73. The predicted molar refractivity (Wildman–Crippen MR) is 96.0 cm³/mol. The van der Waals surface area contributed by atoms with Gasteiger partial charge in [0.2, 0.25) is 5.91 Å². The van der Waals surface area contributed by atoms with E-state index in [-0.39, 0.29) is 18.9 Å². The summed E-state index contributed by atoms with van der Waals surface area (Å²) in [5.74, 6) is -1.38. The van der Waals surface area contributed by atoms with Crippen LogP contribution in [0, 0.1) is 0 Å². The Kier molecular flexibility index (Phi) is 5.25. The van der Waals surface area contributed by atoms with Crippen LogP contribution < -0.4 is 5.32 Å². The Morgan fingerprint density at radius 3 is 2.70 bits per heavy atom. The zero-order valence-corrected chi connectivity index (χ0v) is 15.2. The van der Waals surface area contributed by atoms with Crippen molar-refractivity contribution in [1.82, 2.24) is 15.1 Å². The van der Waals surface area contributed by atoms with Crippen molar-refractivity contribution >= 4 is 29.9 Å². The lowest BCUT2D eigenvalue weighted by molar-refractivity contribution is -0.158. The molecule has 0 aromatic heterocycles. The average molecular weight is 371 g/mol. The molecule has 2 atom stereocenters. The second kappa shape index (κ2) is 7.61. The lowest BCUT2D eigenvalue weighted by atomic mass is 9.94. The Bertz CT molecular complexity index is 819. The topological polar surface area (TPSA) is 96.0 Å². The van der Waals surface area contributed by atoms with E-state index < -0.39 is 30.1 Å². The molecule has 1 N–H and O–H groups in total. The summed E-state index contributed by atoms with van der Waals surface area (Å²) in [7, 11) is 0. The molecular formula is C19H21N3O5. The molecule has 2 aliphatic heterocycles. The van der Waals surface area contributed by atoms with Crippen molar-refractivity contribution in [2.24, 2.45) is 0 Å². The van der Waals surface area contributed by atoms with E-state index in [1.807, 2.05) is 30.3 Å². The largest absolute Gasteiger partial charge is 0.452 e. The van der Waals surface area contributed by atoms with Gasteiger partial charge in [0.05, 0.1) is 12.5 Å². The number of carbonyl (C=O) groups is 4. The summed E-state index contributed by atoms with van der Waals surface area (Å²) in [5, 5.41) is 2.53. The van der Waals surface area contributed by atoms with Crippen molar-refractivity contribution in [3.8, 4) is 0 Å². The van der Waals surface area contributed by atoms with E-state index in [9.17, 15) is 19.2 Å². The fourth-order valence-electron chi connectivity index (χ4n) is 3.27. The predicted octanol–water partition coefficient (Wildman–Crippen LogP) is 1.43. The SMILES string of the molecule is CC(=O)N1C=Cc2ccccc2[C@@H]1CC(=O)O[C@@H](C)C(=O)N1CCNC1=O. The minimum atomic E-state index is -1.08. The van der Waals surface area contributed by atoms with Crippen molar-refractivity contribution < 1.29 is 23.9 Å². The van der Waals surface area contributed by atoms with Gasteiger partial charge in [-0.05, 0) is 24.1 Å². The van der Waals surface area contributed by atoms with Crippen LogP contribution in [0.1, 0.15) is 37.4 Å². The van der Waals surface area contributed by atoms with E-state index in [2.05, 4.69) is 5.32 Å². The van der Waals surface area contributed by atoms with Crippen LogP contribution in [0.25, 0.3) is 6.08 Å². The Balaban J connectivity index is 1.70. The molecule has 0 unspecified atom stereocenters. The van der Waals surface area contributed by atoms with Crippen molar-refractivity contribution in [2.75, 3.05) is 13.1 Å². The van der Waals surface area contributed by atoms with E-state index in [1.54, 1.807) is 6.20 Å². The first kappa shape index (κ1) is 18.6. The molecule has 142 valence electrons. The second-order valence-electron chi connectivity index (χ2n) is 6.44. The maximum Gasteiger partial charge on any atom is 0.324 e. The summed E-state index contributed by atoms with van der Waals surface area (Å²) in [6.45, 7) is 3.49. The molecule has 2 heterocycles. The van der Waals surface area contributed by atoms with Gasteiger partial charge in [-0.1, -0.05) is 24.3 Å². The number of nitrogens with one attached hydrogen (secondary N) is 1. The quantitative estimate of drug-likeness (QED) is 0.808. The van der Waals surface area contributed by atoms with Gasteiger partial charge in [-0.25, -0.2) is 4.79 Å². The fourth-order valence-corrected chi connectivity index (χ4v) is 3.27. The van der Waals surface area contributed by atoms with E-state index >= 15 is 0 Å². The molecule has 4 amide bonds. The molecule has 8 heteroatoms. The number of imide groups is 1. The number of amides is 4. The van der Waals surface area contributed by atoms with Crippen LogP contribution in [0.5, 0.6) is 0 Å². The first-order valence-corrected chi connectivity index (χ1v) is 8.73. The van der Waals surface area contributed by atoms with E-state index in [1.165, 1.54) is 18.7 Å². The van der Waals surface area contributed by atoms with Crippen LogP contribution in [0.3, 0.4) is 0 Å². The molecule has 27 heavy (non-hydrogen) atoms. The molecule has 1 aromatic carbocycles. The molecule has 1 aromatic rings. The van der Waals surface area contributed by atoms with Gasteiger partial charge in [0.15, 0.2) is 6.10 Å². The highest BCUT2D eigenvalue weighted by Crippen LogP contribution is 2.33. The molecule has 1 fully saturated rings. The number of hydrogen-bond donors (Lipinski definition) is 1. The Labute approximate surface area is 156 Å². The zero-order chi connectivity index (χ0) is 19.6. The minimum Gasteiger partial charge on any atom is -0.452 e. The third-order valence-electron chi connectivity index (χ3n) is 4.61. The van der Waals surface area contributed by atoms with Crippen molar-refractivity contribution in [1.29, 1.82) is 0 Å². The summed E-state index contributed by atoms with van der Waals surface area (Å²) in [5.41, 5.74) is 1.76. The van der Waals surface area contributed by atoms with Gasteiger partial charge < -0.3 is 15.0 Å². The Morgan fingerprint density at radius 1 is 1.30 bits per heavy atom. The molecule has 0 aliphatic carbocycles. The highest BCUT2D eigenvalue weighted by atomic mass is 16.5. The van der Waals surface area contributed by atoms with Crippen LogP contribution in [-0.2, 0) is 19.1 Å². The van der Waals surface area contributed by atoms with E-state index in [0.29, 0.717) is 6.54 Å². The third-order valence-corrected chi connectivity index (χ3v) is 4.61. The minimum absolute atomic E-state index is 0.0925. The maximum atomic E-state index is 12.4. The van der Waals surface area contributed by atoms with Crippen LogP contribution in [0.15, 0.2) is 30.5 Å². The van der Waals surface area contributed by atoms with Crippen LogP contribution in [0.4, 0.5) is 4.79 Å². The highest BCUT2D eigenvalue weighted by Gasteiger charge is 2.33. The molecule has 0 spiro atoms. The van der Waals surface area contributed by atoms with Crippen molar-refractivity contribution in [2.45, 2.75) is 32.4 Å². The van der Waals surface area contributed by atoms with Crippen molar-refractivity contribution in [3.05, 3.63) is 41.6 Å². The Morgan fingerprint density at radius 2 is 2.04 bits per heavy atom. The summed E-state index contributed by atoms with van der Waals surface area (Å²) in [4.78, 5) is 50.8. The van der Waals surface area contributed by atoms with Gasteiger partial charge in [0.25, 0.3) is 5.91 Å². The molecule has 0 radical (unpaired) electrons. The number of esters is 1. The molecule has 0 saturated carbocycles. The van der Waals surface area contributed by atoms with Gasteiger partial charge in [-0.3, -0.25) is 19.3 Å². The molecular weight excluding hydrogens is 350 g/mol. The molecule has 0 bridgehead atoms. The Hall–Kier alpha value is -3.16. The fraction of sp³-hybridized carbons (Fsp3) is 0.368. The number of urea groups is 1. The number of hydrogen-bond acceptors (Lipinski definition) is 5. The lowest BCUT2D eigenvalue weighted by Gasteiger charge is -2.32. The summed E-state index contributed by atoms with van der Waals surface area (Å²) in [6.07, 6.45) is 2.29. The second-order valence-corrected chi connectivity index (χ2v) is 6.44. The van der Waals surface area contributed by atoms with Gasteiger partial charge in [-0.15, -0.1) is 0 Å². The number of rotatable bonds is 4. The van der Waals surface area contributed by atoms with Gasteiger partial charge >= 0.3 is 12.0 Å². The van der Waals surface area contributed by atoms with Crippen LogP contribution in [0.2, 0.25) is 0 Å². The normalized spacial score (nSPS) is 19.3. The first-order chi connectivity index (χ1) is 12.9. The highest BCUT2D eigenvalue weighted by molar-refractivity contribution is 5.98. The third kappa shape index (κ3) is 3.84. The van der Waals surface area contributed by atoms with E-state index in [4.69, 9.17) is 4.74 Å². The van der Waals surface area contributed by atoms with Gasteiger partial charge in [0.1, 0.15) is 0 Å². The molecule has 8 nitrogen and oxygen atoms in total. The van der Waals surface area contributed by atoms with Gasteiger partial charge in [0, 0.05) is 26.2 Å². The van der Waals surface area contributed by atoms with Gasteiger partial charge in [-0.2, -0.15) is 0 Å². The maximum absolute atomic E-state index is 12.4. The summed E-state index contributed by atoms with van der Waals surface area (Å²) >= 11 is 0. The smallest absolute Gasteiger partial charge is 0.324 e. The van der Waals surface area contributed by atoms with E-state index in [0.717, 1.165) is 16.0 Å². The van der Waals surface area contributed by atoms with Crippen LogP contribution in [-0.4, -0.2) is 52.8 Å². The van der Waals surface area contributed by atoms with Crippen molar-refractivity contribution in [3.63, 3.8) is 0 Å². The monoisotopic (exact) mass is 371 g/mol. The summed E-state index contributed by atoms with van der Waals surface area (Å²) < 4.78 is 5.25. The number of carbonyl (C=O) groups excluding carboxylic acids is 4. The lowest BCUT2D eigenvalue weighted by Crippen LogP contribution is -2.42. The standard InChI is InChI=1S/C19H21N3O5/c1-12(18(25)22-10-8-20-19(22)26)27-17(24)11-16-15-6-4-3-5-14(15)7-9-21(16)13(2)23/h3-7,9,12,16H,8,10-11H2,1-2H3,(H,20,26)/t12-,16-/m0/s1. The molecule has 1 saturated heterocycles. The average Bonchev–Trinajstić information content (AvgIpc) is 3.06. The molecule has 3 rings (SSSR count). The molecule has 2 aliphatic rings. The zero-order valence-electron chi connectivity index (χ0n) is 15.2. The van der Waals surface area contributed by atoms with Crippen LogP contribution >= 0.6 is 0 Å². The number of benzene rings is 1. The number of fused-ring (bicyclic) bond motifs is 1. The number of nitrogens with zero attached hydrogens (tertiary/aromatic N) is 2.